The van der Waals surface area contributed by atoms with Crippen molar-refractivity contribution in [2.24, 2.45) is 0 Å². The lowest BCUT2D eigenvalue weighted by Gasteiger charge is -2.29. The van der Waals surface area contributed by atoms with Crippen molar-refractivity contribution in [3.63, 3.8) is 0 Å². The summed E-state index contributed by atoms with van der Waals surface area (Å²) in [6, 6.07) is 10.3. The van der Waals surface area contributed by atoms with Crippen molar-refractivity contribution in [2.45, 2.75) is 32.2 Å². The Balaban J connectivity index is 2.37. The number of alkyl halides is 1. The normalized spacial score (nSPS) is 14.4. The van der Waals surface area contributed by atoms with E-state index in [9.17, 15) is 0 Å². The maximum atomic E-state index is 6.10. The minimum Gasteiger partial charge on any atom is -0.380 e. The van der Waals surface area contributed by atoms with E-state index in [1.54, 1.807) is 0 Å². The van der Waals surface area contributed by atoms with Crippen molar-refractivity contribution in [1.29, 1.82) is 0 Å². The van der Waals surface area contributed by atoms with Gasteiger partial charge in [-0.3, -0.25) is 0 Å². The van der Waals surface area contributed by atoms with E-state index in [4.69, 9.17) is 16.3 Å². The fourth-order valence-corrected chi connectivity index (χ4v) is 2.03. The van der Waals surface area contributed by atoms with Crippen LogP contribution in [-0.4, -0.2) is 25.6 Å². The van der Waals surface area contributed by atoms with Crippen LogP contribution in [0.3, 0.4) is 0 Å². The molecule has 102 valence electrons. The zero-order chi connectivity index (χ0) is 13.3. The van der Waals surface area contributed by atoms with Gasteiger partial charge in [0.15, 0.2) is 0 Å². The van der Waals surface area contributed by atoms with Gasteiger partial charge in [0.25, 0.3) is 0 Å². The van der Waals surface area contributed by atoms with E-state index in [1.807, 2.05) is 18.2 Å². The molecule has 0 bridgehead atoms. The Morgan fingerprint density at radius 3 is 2.56 bits per heavy atom. The van der Waals surface area contributed by atoms with Gasteiger partial charge >= 0.3 is 0 Å². The largest absolute Gasteiger partial charge is 0.380 e. The monoisotopic (exact) mass is 269 g/mol. The summed E-state index contributed by atoms with van der Waals surface area (Å²) in [5, 5.41) is 3.48. The summed E-state index contributed by atoms with van der Waals surface area (Å²) in [4.78, 5) is 0. The first-order valence-electron chi connectivity index (χ1n) is 6.67. The minimum absolute atomic E-state index is 0.184. The second-order valence-corrected chi connectivity index (χ2v) is 4.99. The smallest absolute Gasteiger partial charge is 0.0591 e. The van der Waals surface area contributed by atoms with E-state index < -0.39 is 0 Å². The average Bonchev–Trinajstić information content (AvgIpc) is 2.43. The highest BCUT2D eigenvalue weighted by molar-refractivity contribution is 6.18. The van der Waals surface area contributed by atoms with Crippen molar-refractivity contribution in [2.75, 3.05) is 25.6 Å². The maximum Gasteiger partial charge on any atom is 0.0591 e. The molecular weight excluding hydrogens is 246 g/mol. The first-order chi connectivity index (χ1) is 8.73. The lowest BCUT2D eigenvalue weighted by atomic mass is 9.94. The molecule has 1 N–H and O–H groups in total. The third-order valence-electron chi connectivity index (χ3n) is 3.08. The van der Waals surface area contributed by atoms with Crippen LogP contribution in [-0.2, 0) is 10.3 Å². The van der Waals surface area contributed by atoms with Crippen molar-refractivity contribution in [1.82, 2.24) is 5.32 Å². The topological polar surface area (TPSA) is 21.3 Å². The summed E-state index contributed by atoms with van der Waals surface area (Å²) in [5.41, 5.74) is 1.03. The Morgan fingerprint density at radius 1 is 1.22 bits per heavy atom. The van der Waals surface area contributed by atoms with Crippen molar-refractivity contribution >= 4 is 11.6 Å². The number of unbranched alkanes of at least 4 members (excludes halogenated alkanes) is 1. The molecule has 0 aliphatic heterocycles. The SMILES string of the molecule is CCCCOCCNC(C)(CCl)c1ccccc1. The predicted octanol–water partition coefficient (Wildman–Crippen LogP) is 3.55. The molecule has 1 aromatic carbocycles. The van der Waals surface area contributed by atoms with Gasteiger partial charge in [0, 0.05) is 19.0 Å². The van der Waals surface area contributed by atoms with Crippen molar-refractivity contribution in [3.05, 3.63) is 35.9 Å². The zero-order valence-corrected chi connectivity index (χ0v) is 12.2. The molecule has 0 fully saturated rings. The molecule has 0 saturated heterocycles. The van der Waals surface area contributed by atoms with Crippen LogP contribution < -0.4 is 5.32 Å². The Hall–Kier alpha value is -0.570. The first-order valence-corrected chi connectivity index (χ1v) is 7.20. The molecule has 2 nitrogen and oxygen atoms in total. The molecule has 0 saturated carbocycles. The van der Waals surface area contributed by atoms with Gasteiger partial charge in [-0.05, 0) is 18.9 Å². The van der Waals surface area contributed by atoms with E-state index >= 15 is 0 Å². The highest BCUT2D eigenvalue weighted by atomic mass is 35.5. The molecule has 0 spiro atoms. The highest BCUT2D eigenvalue weighted by Gasteiger charge is 2.24. The molecule has 1 rings (SSSR count). The summed E-state index contributed by atoms with van der Waals surface area (Å²) >= 11 is 6.10. The standard InChI is InChI=1S/C15H24ClNO/c1-3-4-11-18-12-10-17-15(2,13-16)14-8-6-5-7-9-14/h5-9,17H,3-4,10-13H2,1-2H3. The Bertz CT molecular complexity index is 318. The number of nitrogens with one attached hydrogen (secondary N) is 1. The molecule has 1 aromatic rings. The quantitative estimate of drug-likeness (QED) is 0.547. The first kappa shape index (κ1) is 15.5. The van der Waals surface area contributed by atoms with Crippen molar-refractivity contribution < 1.29 is 4.74 Å². The number of hydrogen-bond acceptors (Lipinski definition) is 2. The van der Waals surface area contributed by atoms with E-state index in [1.165, 1.54) is 12.0 Å². The Labute approximate surface area is 116 Å². The average molecular weight is 270 g/mol. The molecule has 18 heavy (non-hydrogen) atoms. The van der Waals surface area contributed by atoms with Crippen LogP contribution in [0.25, 0.3) is 0 Å². The van der Waals surface area contributed by atoms with Crippen LogP contribution in [0.2, 0.25) is 0 Å². The Morgan fingerprint density at radius 2 is 1.94 bits per heavy atom. The van der Waals surface area contributed by atoms with E-state index in [0.717, 1.165) is 26.2 Å². The fraction of sp³-hybridized carbons (Fsp3) is 0.600. The van der Waals surface area contributed by atoms with Crippen LogP contribution in [0.1, 0.15) is 32.3 Å². The minimum atomic E-state index is -0.184. The van der Waals surface area contributed by atoms with Gasteiger partial charge in [-0.2, -0.15) is 0 Å². The van der Waals surface area contributed by atoms with Gasteiger partial charge in [-0.1, -0.05) is 43.7 Å². The second-order valence-electron chi connectivity index (χ2n) is 4.72. The molecule has 0 heterocycles. The molecular formula is C15H24ClNO. The van der Waals surface area contributed by atoms with Gasteiger partial charge in [-0.25, -0.2) is 0 Å². The molecule has 3 heteroatoms. The highest BCUT2D eigenvalue weighted by Crippen LogP contribution is 2.21. The summed E-state index contributed by atoms with van der Waals surface area (Å²) in [5.74, 6) is 0.548. The summed E-state index contributed by atoms with van der Waals surface area (Å²) in [6.45, 7) is 6.70. The molecule has 1 atom stereocenters. The van der Waals surface area contributed by atoms with Crippen molar-refractivity contribution in [3.8, 4) is 0 Å². The number of ether oxygens (including phenoxy) is 1. The molecule has 0 aliphatic carbocycles. The van der Waals surface area contributed by atoms with E-state index in [-0.39, 0.29) is 5.54 Å². The summed E-state index contributed by atoms with van der Waals surface area (Å²) in [7, 11) is 0. The third-order valence-corrected chi connectivity index (χ3v) is 3.62. The third kappa shape index (κ3) is 4.97. The van der Waals surface area contributed by atoms with E-state index in [2.05, 4.69) is 31.3 Å². The van der Waals surface area contributed by atoms with Crippen LogP contribution in [0.5, 0.6) is 0 Å². The fourth-order valence-electron chi connectivity index (χ4n) is 1.78. The van der Waals surface area contributed by atoms with Crippen LogP contribution in [0, 0.1) is 0 Å². The second kappa shape index (κ2) is 8.52. The zero-order valence-electron chi connectivity index (χ0n) is 11.4. The van der Waals surface area contributed by atoms with Crippen LogP contribution in [0.15, 0.2) is 30.3 Å². The molecule has 0 aliphatic rings. The predicted molar refractivity (Wildman–Crippen MR) is 78.2 cm³/mol. The van der Waals surface area contributed by atoms with Gasteiger partial charge < -0.3 is 10.1 Å². The number of halogens is 1. The summed E-state index contributed by atoms with van der Waals surface area (Å²) < 4.78 is 5.54. The van der Waals surface area contributed by atoms with Crippen LogP contribution in [0.4, 0.5) is 0 Å². The van der Waals surface area contributed by atoms with E-state index in [0.29, 0.717) is 5.88 Å². The lowest BCUT2D eigenvalue weighted by Crippen LogP contribution is -2.43. The molecule has 0 radical (unpaired) electrons. The molecule has 1 unspecified atom stereocenters. The van der Waals surface area contributed by atoms with Gasteiger partial charge in [0.2, 0.25) is 0 Å². The lowest BCUT2D eigenvalue weighted by molar-refractivity contribution is 0.127. The van der Waals surface area contributed by atoms with Crippen LogP contribution >= 0.6 is 11.6 Å². The number of hydrogen-bond donors (Lipinski definition) is 1. The maximum absolute atomic E-state index is 6.10. The molecule has 0 aromatic heterocycles. The number of benzene rings is 1. The molecule has 0 amide bonds. The van der Waals surface area contributed by atoms with Gasteiger partial charge in [0.05, 0.1) is 12.1 Å². The van der Waals surface area contributed by atoms with Gasteiger partial charge in [0.1, 0.15) is 0 Å². The van der Waals surface area contributed by atoms with Gasteiger partial charge in [-0.15, -0.1) is 11.6 Å². The summed E-state index contributed by atoms with van der Waals surface area (Å²) in [6.07, 6.45) is 2.31. The number of rotatable bonds is 9. The Kier molecular flexibility index (Phi) is 7.33.